The van der Waals surface area contributed by atoms with Gasteiger partial charge in [-0.2, -0.15) is 18.3 Å². The molecule has 192 valence electrons. The molecule has 1 fully saturated rings. The Bertz CT molecular complexity index is 1610. The lowest BCUT2D eigenvalue weighted by atomic mass is 10.1. The molecule has 0 bridgehead atoms. The SMILES string of the molecule is C=Cn1nc(-c2c[nH]c(=O)[nH]c2=O)cc(C2CC2)c1=NC.FC(F)(F)COc1cncc2ccccc12. The summed E-state index contributed by atoms with van der Waals surface area (Å²) >= 11 is 0. The van der Waals surface area contributed by atoms with Crippen LogP contribution in [0.3, 0.4) is 0 Å². The van der Waals surface area contributed by atoms with E-state index in [9.17, 15) is 22.8 Å². The first-order chi connectivity index (χ1) is 17.7. The first kappa shape index (κ1) is 25.6. The number of aromatic amines is 2. The van der Waals surface area contributed by atoms with Crippen molar-refractivity contribution in [2.24, 2.45) is 4.99 Å². The molecule has 0 aliphatic heterocycles. The van der Waals surface area contributed by atoms with Gasteiger partial charge in [-0.1, -0.05) is 30.8 Å². The molecule has 0 spiro atoms. The minimum atomic E-state index is -4.34. The van der Waals surface area contributed by atoms with E-state index in [4.69, 9.17) is 4.74 Å². The Labute approximate surface area is 208 Å². The number of nitrogens with one attached hydrogen (secondary N) is 2. The van der Waals surface area contributed by atoms with E-state index in [1.54, 1.807) is 48.4 Å². The van der Waals surface area contributed by atoms with Gasteiger partial charge in [-0.25, -0.2) is 9.48 Å². The van der Waals surface area contributed by atoms with Crippen molar-refractivity contribution in [3.05, 3.63) is 87.4 Å². The largest absolute Gasteiger partial charge is 0.482 e. The van der Waals surface area contributed by atoms with Crippen LogP contribution >= 0.6 is 0 Å². The molecule has 2 N–H and O–H groups in total. The molecule has 12 heteroatoms. The highest BCUT2D eigenvalue weighted by molar-refractivity contribution is 5.87. The highest BCUT2D eigenvalue weighted by Gasteiger charge is 2.29. The van der Waals surface area contributed by atoms with Gasteiger partial charge in [0.15, 0.2) is 12.1 Å². The van der Waals surface area contributed by atoms with Crippen LogP contribution in [0, 0.1) is 0 Å². The molecule has 0 unspecified atom stereocenters. The van der Waals surface area contributed by atoms with Gasteiger partial charge in [-0.05, 0) is 24.8 Å². The third kappa shape index (κ3) is 6.21. The van der Waals surface area contributed by atoms with Crippen molar-refractivity contribution in [1.82, 2.24) is 24.7 Å². The summed E-state index contributed by atoms with van der Waals surface area (Å²) in [5, 5.41) is 5.74. The van der Waals surface area contributed by atoms with Crippen LogP contribution in [0.1, 0.15) is 24.3 Å². The van der Waals surface area contributed by atoms with Gasteiger partial charge < -0.3 is 9.72 Å². The van der Waals surface area contributed by atoms with E-state index in [-0.39, 0.29) is 5.75 Å². The molecule has 1 saturated carbocycles. The molecule has 37 heavy (non-hydrogen) atoms. The lowest BCUT2D eigenvalue weighted by Gasteiger charge is -2.10. The van der Waals surface area contributed by atoms with Crippen LogP contribution in [0.4, 0.5) is 13.2 Å². The van der Waals surface area contributed by atoms with Crippen LogP contribution in [0.5, 0.6) is 5.75 Å². The molecule has 1 aliphatic carbocycles. The molecule has 5 rings (SSSR count). The molecule has 0 radical (unpaired) electrons. The van der Waals surface area contributed by atoms with E-state index in [0.717, 1.165) is 29.3 Å². The lowest BCUT2D eigenvalue weighted by Crippen LogP contribution is -2.27. The van der Waals surface area contributed by atoms with Gasteiger partial charge in [0.25, 0.3) is 5.56 Å². The number of aromatic nitrogens is 5. The number of pyridine rings is 1. The molecule has 1 aromatic carbocycles. The minimum Gasteiger partial charge on any atom is -0.482 e. The Morgan fingerprint density at radius 3 is 2.65 bits per heavy atom. The Kier molecular flexibility index (Phi) is 7.37. The second kappa shape index (κ2) is 10.6. The van der Waals surface area contributed by atoms with Gasteiger partial charge in [0, 0.05) is 42.0 Å². The Morgan fingerprint density at radius 2 is 2.00 bits per heavy atom. The fourth-order valence-corrected chi connectivity index (χ4v) is 3.69. The molecule has 3 heterocycles. The smallest absolute Gasteiger partial charge is 0.422 e. The summed E-state index contributed by atoms with van der Waals surface area (Å²) < 4.78 is 42.2. The van der Waals surface area contributed by atoms with Crippen molar-refractivity contribution < 1.29 is 17.9 Å². The van der Waals surface area contributed by atoms with Crippen molar-refractivity contribution >= 4 is 17.0 Å². The predicted octanol–water partition coefficient (Wildman–Crippen LogP) is 3.61. The lowest BCUT2D eigenvalue weighted by molar-refractivity contribution is -0.153. The number of H-pyrrole nitrogens is 2. The zero-order valence-corrected chi connectivity index (χ0v) is 19.7. The maximum absolute atomic E-state index is 12.0. The summed E-state index contributed by atoms with van der Waals surface area (Å²) in [6, 6.07) is 8.86. The monoisotopic (exact) mass is 512 g/mol. The number of ether oxygens (including phenoxy) is 1. The average molecular weight is 512 g/mol. The van der Waals surface area contributed by atoms with E-state index in [1.807, 2.05) is 6.07 Å². The number of rotatable bonds is 5. The van der Waals surface area contributed by atoms with E-state index < -0.39 is 24.0 Å². The van der Waals surface area contributed by atoms with Crippen molar-refractivity contribution in [2.75, 3.05) is 13.7 Å². The summed E-state index contributed by atoms with van der Waals surface area (Å²) in [6.07, 6.45) is 3.66. The zero-order chi connectivity index (χ0) is 26.6. The van der Waals surface area contributed by atoms with Crippen LogP contribution in [-0.4, -0.2) is 44.6 Å². The molecule has 4 aromatic rings. The molecule has 3 aromatic heterocycles. The Morgan fingerprint density at radius 1 is 1.24 bits per heavy atom. The molecule has 0 atom stereocenters. The number of halogens is 3. The molecule has 0 saturated heterocycles. The number of alkyl halides is 3. The molecule has 9 nitrogen and oxygen atoms in total. The van der Waals surface area contributed by atoms with Crippen molar-refractivity contribution in [1.29, 1.82) is 0 Å². The van der Waals surface area contributed by atoms with E-state index in [2.05, 4.69) is 31.6 Å². The van der Waals surface area contributed by atoms with Crippen LogP contribution < -0.4 is 21.5 Å². The third-order valence-electron chi connectivity index (χ3n) is 5.50. The van der Waals surface area contributed by atoms with Gasteiger partial charge in [0.1, 0.15) is 5.75 Å². The van der Waals surface area contributed by atoms with Gasteiger partial charge in [0.2, 0.25) is 0 Å². The molecule has 0 amide bonds. The van der Waals surface area contributed by atoms with Gasteiger partial charge in [-0.3, -0.25) is 19.8 Å². The minimum absolute atomic E-state index is 0.149. The molecular weight excluding hydrogens is 489 g/mol. The predicted molar refractivity (Wildman–Crippen MR) is 132 cm³/mol. The zero-order valence-electron chi connectivity index (χ0n) is 19.7. The second-order valence-corrected chi connectivity index (χ2v) is 8.18. The standard InChI is InChI=1S/C14H15N5O2.C11H8F3NO/c1-3-19-12(15-2)9(8-4-5-8)6-11(18-19)10-7-16-14(21)17-13(10)20;12-11(13,14)7-16-10-6-15-5-8-3-1-2-4-9(8)10/h3,6-8H,1,4-5H2,2H3,(H2,16,17,20,21);1-6H,7H2. The second-order valence-electron chi connectivity index (χ2n) is 8.18. The van der Waals surface area contributed by atoms with E-state index in [0.29, 0.717) is 22.6 Å². The van der Waals surface area contributed by atoms with Gasteiger partial charge in [-0.15, -0.1) is 0 Å². The third-order valence-corrected chi connectivity index (χ3v) is 5.50. The topological polar surface area (TPSA) is 118 Å². The Hall–Kier alpha value is -4.48. The van der Waals surface area contributed by atoms with Gasteiger partial charge in [0.05, 0.1) is 17.5 Å². The number of nitrogens with zero attached hydrogens (tertiary/aromatic N) is 4. The summed E-state index contributed by atoms with van der Waals surface area (Å²) in [6.45, 7) is 2.43. The summed E-state index contributed by atoms with van der Waals surface area (Å²) in [4.78, 5) is 35.8. The number of hydrogen-bond donors (Lipinski definition) is 2. The Balaban J connectivity index is 0.000000180. The van der Waals surface area contributed by atoms with Gasteiger partial charge >= 0.3 is 11.9 Å². The van der Waals surface area contributed by atoms with E-state index >= 15 is 0 Å². The maximum Gasteiger partial charge on any atom is 0.422 e. The highest BCUT2D eigenvalue weighted by Crippen LogP contribution is 2.39. The number of fused-ring (bicyclic) bond motifs is 1. The normalized spacial score (nSPS) is 13.7. The summed E-state index contributed by atoms with van der Waals surface area (Å²) in [7, 11) is 1.70. The van der Waals surface area contributed by atoms with Crippen molar-refractivity contribution in [2.45, 2.75) is 24.9 Å². The number of benzene rings is 1. The number of hydrogen-bond acceptors (Lipinski definition) is 6. The first-order valence-corrected chi connectivity index (χ1v) is 11.2. The van der Waals surface area contributed by atoms with Crippen LogP contribution in [-0.2, 0) is 0 Å². The first-order valence-electron chi connectivity index (χ1n) is 11.2. The van der Waals surface area contributed by atoms with Crippen LogP contribution in [0.2, 0.25) is 0 Å². The van der Waals surface area contributed by atoms with Crippen molar-refractivity contribution in [3.8, 4) is 17.0 Å². The quantitative estimate of drug-likeness (QED) is 0.424. The van der Waals surface area contributed by atoms with Crippen molar-refractivity contribution in [3.63, 3.8) is 0 Å². The maximum atomic E-state index is 12.0. The fraction of sp³-hybridized carbons (Fsp3) is 0.240. The fourth-order valence-electron chi connectivity index (χ4n) is 3.69. The summed E-state index contributed by atoms with van der Waals surface area (Å²) in [5.74, 6) is 0.592. The molecular formula is C25H23F3N6O3. The summed E-state index contributed by atoms with van der Waals surface area (Å²) in [5.41, 5.74) is 1.59. The van der Waals surface area contributed by atoms with E-state index in [1.165, 1.54) is 12.4 Å². The highest BCUT2D eigenvalue weighted by atomic mass is 19.4. The van der Waals surface area contributed by atoms with Crippen LogP contribution in [0.25, 0.3) is 28.2 Å². The van der Waals surface area contributed by atoms with Crippen LogP contribution in [0.15, 0.2) is 70.1 Å². The average Bonchev–Trinajstić information content (AvgIpc) is 3.72. The molecule has 1 aliphatic rings.